The normalized spacial score (nSPS) is 23.7. The number of benzene rings is 2. The van der Waals surface area contributed by atoms with Gasteiger partial charge >= 0.3 is 6.09 Å². The Morgan fingerprint density at radius 1 is 0.875 bits per heavy atom. The van der Waals surface area contributed by atoms with Crippen LogP contribution in [0.25, 0.3) is 0 Å². The van der Waals surface area contributed by atoms with E-state index in [1.807, 2.05) is 53.4 Å². The van der Waals surface area contributed by atoms with Crippen molar-refractivity contribution in [3.8, 4) is 0 Å². The molecule has 0 unspecified atom stereocenters. The van der Waals surface area contributed by atoms with Gasteiger partial charge in [-0.3, -0.25) is 14.6 Å². The predicted octanol–water partition coefficient (Wildman–Crippen LogP) is 3.91. The molecule has 0 aliphatic carbocycles. The molecule has 1 atom stereocenters. The zero-order valence-corrected chi connectivity index (χ0v) is 18.5. The molecule has 3 heterocycles. The van der Waals surface area contributed by atoms with Gasteiger partial charge in [-0.05, 0) is 43.1 Å². The fourth-order valence-corrected chi connectivity index (χ4v) is 5.24. The second kappa shape index (κ2) is 8.94. The lowest BCUT2D eigenvalue weighted by molar-refractivity contribution is 0.0551. The molecule has 168 valence electrons. The average molecular weight is 434 g/mol. The van der Waals surface area contributed by atoms with Crippen molar-refractivity contribution in [3.05, 3.63) is 71.3 Å². The fourth-order valence-electron chi connectivity index (χ4n) is 5.24. The van der Waals surface area contributed by atoms with Crippen LogP contribution >= 0.6 is 0 Å². The first-order valence-electron chi connectivity index (χ1n) is 11.7. The van der Waals surface area contributed by atoms with Crippen LogP contribution in [-0.4, -0.2) is 65.0 Å². The molecule has 0 radical (unpaired) electrons. The summed E-state index contributed by atoms with van der Waals surface area (Å²) in [6, 6.07) is 17.9. The number of nitrogens with zero attached hydrogens (tertiary/aromatic N) is 3. The van der Waals surface area contributed by atoms with E-state index in [4.69, 9.17) is 4.74 Å². The molecular weight excluding hydrogens is 402 g/mol. The maximum Gasteiger partial charge on any atom is 0.410 e. The van der Waals surface area contributed by atoms with Crippen LogP contribution in [0.3, 0.4) is 0 Å². The van der Waals surface area contributed by atoms with E-state index in [9.17, 15) is 9.59 Å². The number of carbonyl (C=O) groups is 2. The minimum absolute atomic E-state index is 0.0482. The number of hydrogen-bond donors (Lipinski definition) is 0. The van der Waals surface area contributed by atoms with E-state index >= 15 is 0 Å². The van der Waals surface area contributed by atoms with Gasteiger partial charge in [0.1, 0.15) is 0 Å². The molecule has 1 spiro atoms. The number of piperidine rings is 1. The molecule has 3 aliphatic rings. The first-order chi connectivity index (χ1) is 15.6. The Kier molecular flexibility index (Phi) is 5.87. The van der Waals surface area contributed by atoms with Gasteiger partial charge in [-0.25, -0.2) is 4.79 Å². The summed E-state index contributed by atoms with van der Waals surface area (Å²) in [5.41, 5.74) is 2.36. The third-order valence-corrected chi connectivity index (χ3v) is 6.95. The van der Waals surface area contributed by atoms with Gasteiger partial charge in [-0.15, -0.1) is 0 Å². The van der Waals surface area contributed by atoms with Crippen LogP contribution in [0.1, 0.15) is 47.2 Å². The quantitative estimate of drug-likeness (QED) is 0.718. The fraction of sp³-hybridized carbons (Fsp3) is 0.462. The highest BCUT2D eigenvalue weighted by Crippen LogP contribution is 2.34. The molecule has 0 aromatic heterocycles. The standard InChI is InChI=1S/C26H31N3O3/c30-24(23-12-6-5-11-22(23)18-27-14-7-2-8-15-27)28-16-13-26(19-28)20-29(25(31)32-26)17-21-9-3-1-4-10-21/h1,3-6,9-12H,2,7-8,13-20H2/t26-/m1/s1. The van der Waals surface area contributed by atoms with Crippen LogP contribution in [0.5, 0.6) is 0 Å². The Balaban J connectivity index is 1.26. The van der Waals surface area contributed by atoms with E-state index in [1.54, 1.807) is 4.90 Å². The van der Waals surface area contributed by atoms with Gasteiger partial charge in [0.25, 0.3) is 5.91 Å². The van der Waals surface area contributed by atoms with Gasteiger partial charge < -0.3 is 9.64 Å². The van der Waals surface area contributed by atoms with Crippen molar-refractivity contribution >= 4 is 12.0 Å². The van der Waals surface area contributed by atoms with Gasteiger partial charge in [0, 0.05) is 31.6 Å². The number of amides is 2. The predicted molar refractivity (Wildman–Crippen MR) is 122 cm³/mol. The number of carbonyl (C=O) groups excluding carboxylic acids is 2. The van der Waals surface area contributed by atoms with Crippen molar-refractivity contribution < 1.29 is 14.3 Å². The van der Waals surface area contributed by atoms with E-state index in [0.29, 0.717) is 32.6 Å². The highest BCUT2D eigenvalue weighted by molar-refractivity contribution is 5.96. The monoisotopic (exact) mass is 433 g/mol. The summed E-state index contributed by atoms with van der Waals surface area (Å²) in [4.78, 5) is 32.1. The van der Waals surface area contributed by atoms with E-state index in [0.717, 1.165) is 36.3 Å². The van der Waals surface area contributed by atoms with Crippen molar-refractivity contribution in [2.75, 3.05) is 32.7 Å². The zero-order chi connectivity index (χ0) is 22.0. The highest BCUT2D eigenvalue weighted by Gasteiger charge is 2.50. The van der Waals surface area contributed by atoms with Crippen LogP contribution in [0.15, 0.2) is 54.6 Å². The second-order valence-electron chi connectivity index (χ2n) is 9.36. The maximum atomic E-state index is 13.5. The lowest BCUT2D eigenvalue weighted by Gasteiger charge is -2.28. The Hall–Kier alpha value is -2.86. The van der Waals surface area contributed by atoms with E-state index in [2.05, 4.69) is 11.0 Å². The van der Waals surface area contributed by atoms with Gasteiger partial charge in [-0.1, -0.05) is 55.0 Å². The smallest absolute Gasteiger partial charge is 0.410 e. The summed E-state index contributed by atoms with van der Waals surface area (Å²) in [7, 11) is 0. The van der Waals surface area contributed by atoms with Crippen LogP contribution in [-0.2, 0) is 17.8 Å². The molecule has 0 N–H and O–H groups in total. The topological polar surface area (TPSA) is 53.1 Å². The molecule has 2 aromatic carbocycles. The van der Waals surface area contributed by atoms with Crippen LogP contribution < -0.4 is 0 Å². The number of rotatable bonds is 5. The largest absolute Gasteiger partial charge is 0.439 e. The maximum absolute atomic E-state index is 13.5. The second-order valence-corrected chi connectivity index (χ2v) is 9.36. The summed E-state index contributed by atoms with van der Waals surface area (Å²) < 4.78 is 5.85. The summed E-state index contributed by atoms with van der Waals surface area (Å²) in [6.07, 6.45) is 4.16. The zero-order valence-electron chi connectivity index (χ0n) is 18.5. The van der Waals surface area contributed by atoms with Gasteiger partial charge in [0.2, 0.25) is 0 Å². The third kappa shape index (κ3) is 4.37. The number of ether oxygens (including phenoxy) is 1. The van der Waals surface area contributed by atoms with Crippen LogP contribution in [0, 0.1) is 0 Å². The molecule has 0 bridgehead atoms. The molecule has 2 amide bonds. The minimum atomic E-state index is -0.594. The molecule has 3 fully saturated rings. The van der Waals surface area contributed by atoms with E-state index < -0.39 is 5.60 Å². The van der Waals surface area contributed by atoms with Crippen molar-refractivity contribution in [2.24, 2.45) is 0 Å². The highest BCUT2D eigenvalue weighted by atomic mass is 16.6. The van der Waals surface area contributed by atoms with Crippen molar-refractivity contribution in [1.82, 2.24) is 14.7 Å². The third-order valence-electron chi connectivity index (χ3n) is 6.95. The molecular formula is C26H31N3O3. The Bertz CT molecular complexity index is 973. The first-order valence-corrected chi connectivity index (χ1v) is 11.7. The molecule has 0 saturated carbocycles. The van der Waals surface area contributed by atoms with Crippen molar-refractivity contribution in [3.63, 3.8) is 0 Å². The molecule has 6 nitrogen and oxygen atoms in total. The molecule has 2 aromatic rings. The van der Waals surface area contributed by atoms with E-state index in [-0.39, 0.29) is 12.0 Å². The minimum Gasteiger partial charge on any atom is -0.439 e. The molecule has 3 aliphatic heterocycles. The van der Waals surface area contributed by atoms with Gasteiger partial charge in [0.15, 0.2) is 5.60 Å². The Morgan fingerprint density at radius 2 is 1.62 bits per heavy atom. The van der Waals surface area contributed by atoms with Crippen molar-refractivity contribution in [1.29, 1.82) is 0 Å². The van der Waals surface area contributed by atoms with Crippen molar-refractivity contribution in [2.45, 2.75) is 44.4 Å². The number of likely N-dealkylation sites (tertiary alicyclic amines) is 2. The summed E-state index contributed by atoms with van der Waals surface area (Å²) in [6.45, 7) is 5.16. The van der Waals surface area contributed by atoms with Gasteiger partial charge in [-0.2, -0.15) is 0 Å². The first kappa shape index (κ1) is 21.0. The van der Waals surface area contributed by atoms with Crippen LogP contribution in [0.2, 0.25) is 0 Å². The molecule has 6 heteroatoms. The summed E-state index contributed by atoms with van der Waals surface area (Å²) in [5.74, 6) is 0.0482. The van der Waals surface area contributed by atoms with E-state index in [1.165, 1.54) is 19.3 Å². The summed E-state index contributed by atoms with van der Waals surface area (Å²) >= 11 is 0. The summed E-state index contributed by atoms with van der Waals surface area (Å²) in [5, 5.41) is 0. The lowest BCUT2D eigenvalue weighted by atomic mass is 10.0. The number of hydrogen-bond acceptors (Lipinski definition) is 4. The lowest BCUT2D eigenvalue weighted by Crippen LogP contribution is -2.39. The molecule has 5 rings (SSSR count). The van der Waals surface area contributed by atoms with Gasteiger partial charge in [0.05, 0.1) is 13.1 Å². The SMILES string of the molecule is O=C1O[C@@]2(CCN(C(=O)c3ccccc3CN3CCCCC3)C2)CN1Cc1ccccc1. The molecule has 32 heavy (non-hydrogen) atoms. The average Bonchev–Trinajstić information content (AvgIpc) is 3.37. The van der Waals surface area contributed by atoms with Crippen LogP contribution in [0.4, 0.5) is 4.79 Å². The Labute approximate surface area is 189 Å². The Morgan fingerprint density at radius 3 is 2.44 bits per heavy atom. The molecule has 3 saturated heterocycles.